The molecule has 1 heterocycles. The van der Waals surface area contributed by atoms with Crippen molar-refractivity contribution in [2.45, 2.75) is 44.6 Å². The zero-order valence-corrected chi connectivity index (χ0v) is 15.1. The van der Waals surface area contributed by atoms with E-state index in [2.05, 4.69) is 5.32 Å². The Morgan fingerprint density at radius 3 is 2.64 bits per heavy atom. The Morgan fingerprint density at radius 2 is 2.08 bits per heavy atom. The fraction of sp³-hybridized carbons (Fsp3) is 0.500. The van der Waals surface area contributed by atoms with Gasteiger partial charge in [-0.25, -0.2) is 4.79 Å². The molecular weight excluding hydrogens is 351 g/mol. The molecule has 1 fully saturated rings. The SMILES string of the molecule is CC(C)(C)OC(=O)Nc1cccc(CN2CC(S(=O)(=O)F)CC2=O)c1. The molecule has 1 aliphatic rings. The van der Waals surface area contributed by atoms with Crippen molar-refractivity contribution < 1.29 is 26.6 Å². The molecule has 1 N–H and O–H groups in total. The molecule has 1 saturated heterocycles. The van der Waals surface area contributed by atoms with Gasteiger partial charge in [0.1, 0.15) is 10.9 Å². The second-order valence-electron chi connectivity index (χ2n) is 6.90. The molecule has 138 valence electrons. The van der Waals surface area contributed by atoms with Gasteiger partial charge in [-0.2, -0.15) is 8.42 Å². The highest BCUT2D eigenvalue weighted by atomic mass is 32.3. The van der Waals surface area contributed by atoms with Gasteiger partial charge in [-0.05, 0) is 38.5 Å². The standard InChI is InChI=1S/C16H21FN2O5S/c1-16(2,3)24-15(21)18-12-6-4-5-11(7-12)9-19-10-13(8-14(19)20)25(17,22)23/h4-7,13H,8-10H2,1-3H3,(H,18,21). The second kappa shape index (κ2) is 6.99. The van der Waals surface area contributed by atoms with Crippen LogP contribution in [0.4, 0.5) is 14.4 Å². The Hall–Kier alpha value is -2.16. The van der Waals surface area contributed by atoms with E-state index in [-0.39, 0.29) is 19.5 Å². The van der Waals surface area contributed by atoms with Crippen molar-refractivity contribution in [2.75, 3.05) is 11.9 Å². The molecule has 1 atom stereocenters. The van der Waals surface area contributed by atoms with Crippen LogP contribution in [0.15, 0.2) is 24.3 Å². The normalized spacial score (nSPS) is 18.3. The van der Waals surface area contributed by atoms with Gasteiger partial charge in [0.25, 0.3) is 0 Å². The second-order valence-corrected chi connectivity index (χ2v) is 8.52. The van der Waals surface area contributed by atoms with Crippen LogP contribution >= 0.6 is 0 Å². The third-order valence-electron chi connectivity index (χ3n) is 3.52. The van der Waals surface area contributed by atoms with Gasteiger partial charge < -0.3 is 9.64 Å². The molecule has 0 spiro atoms. The molecule has 2 rings (SSSR count). The molecule has 0 radical (unpaired) electrons. The van der Waals surface area contributed by atoms with E-state index in [0.717, 1.165) is 0 Å². The summed E-state index contributed by atoms with van der Waals surface area (Å²) in [5.41, 5.74) is 0.531. The number of nitrogens with zero attached hydrogens (tertiary/aromatic N) is 1. The number of hydrogen-bond donors (Lipinski definition) is 1. The Bertz CT molecular complexity index is 773. The van der Waals surface area contributed by atoms with E-state index in [1.165, 1.54) is 4.90 Å². The van der Waals surface area contributed by atoms with E-state index >= 15 is 0 Å². The number of carbonyl (C=O) groups excluding carboxylic acids is 2. The molecule has 25 heavy (non-hydrogen) atoms. The first-order chi connectivity index (χ1) is 11.4. The maximum atomic E-state index is 13.1. The highest BCUT2D eigenvalue weighted by Crippen LogP contribution is 2.22. The van der Waals surface area contributed by atoms with Crippen molar-refractivity contribution in [3.63, 3.8) is 0 Å². The van der Waals surface area contributed by atoms with Gasteiger partial charge in [0.15, 0.2) is 0 Å². The van der Waals surface area contributed by atoms with Gasteiger partial charge in [0.05, 0.1) is 0 Å². The molecule has 7 nitrogen and oxygen atoms in total. The molecule has 2 amide bonds. The first kappa shape index (κ1) is 19.2. The van der Waals surface area contributed by atoms with Crippen molar-refractivity contribution in [1.29, 1.82) is 0 Å². The van der Waals surface area contributed by atoms with Crippen LogP contribution < -0.4 is 5.32 Å². The monoisotopic (exact) mass is 372 g/mol. The Balaban J connectivity index is 2.02. The van der Waals surface area contributed by atoms with E-state index in [1.54, 1.807) is 45.0 Å². The largest absolute Gasteiger partial charge is 0.444 e. The fourth-order valence-corrected chi connectivity index (χ4v) is 3.17. The highest BCUT2D eigenvalue weighted by molar-refractivity contribution is 7.87. The van der Waals surface area contributed by atoms with Crippen LogP contribution in [0.25, 0.3) is 0 Å². The summed E-state index contributed by atoms with van der Waals surface area (Å²) < 4.78 is 40.1. The van der Waals surface area contributed by atoms with Gasteiger partial charge in [-0.15, -0.1) is 3.89 Å². The Kier molecular flexibility index (Phi) is 5.36. The zero-order chi connectivity index (χ0) is 18.8. The van der Waals surface area contributed by atoms with Crippen LogP contribution in [0.5, 0.6) is 0 Å². The smallest absolute Gasteiger partial charge is 0.412 e. The van der Waals surface area contributed by atoms with Crippen LogP contribution in [0.2, 0.25) is 0 Å². The number of hydrogen-bond acceptors (Lipinski definition) is 5. The van der Waals surface area contributed by atoms with Crippen LogP contribution in [-0.4, -0.2) is 42.7 Å². The van der Waals surface area contributed by atoms with Gasteiger partial charge in [-0.1, -0.05) is 12.1 Å². The summed E-state index contributed by atoms with van der Waals surface area (Å²) in [6.45, 7) is 5.20. The Labute approximate surface area is 146 Å². The summed E-state index contributed by atoms with van der Waals surface area (Å²) in [5, 5.41) is 1.27. The number of carbonyl (C=O) groups is 2. The minimum Gasteiger partial charge on any atom is -0.444 e. The predicted octanol–water partition coefficient (Wildman–Crippen LogP) is 2.43. The third-order valence-corrected chi connectivity index (χ3v) is 4.63. The van der Waals surface area contributed by atoms with Gasteiger partial charge in [0.2, 0.25) is 5.91 Å². The number of halogens is 1. The predicted molar refractivity (Wildman–Crippen MR) is 90.1 cm³/mol. The first-order valence-corrected chi connectivity index (χ1v) is 9.19. The van der Waals surface area contributed by atoms with Crippen LogP contribution in [0, 0.1) is 0 Å². The Morgan fingerprint density at radius 1 is 1.40 bits per heavy atom. The number of likely N-dealkylation sites (tertiary alicyclic amines) is 1. The summed E-state index contributed by atoms with van der Waals surface area (Å²) >= 11 is 0. The lowest BCUT2D eigenvalue weighted by molar-refractivity contribution is -0.128. The van der Waals surface area contributed by atoms with Crippen LogP contribution in [0.1, 0.15) is 32.8 Å². The quantitative estimate of drug-likeness (QED) is 0.820. The lowest BCUT2D eigenvalue weighted by Gasteiger charge is -2.20. The summed E-state index contributed by atoms with van der Waals surface area (Å²) in [6, 6.07) is 6.72. The van der Waals surface area contributed by atoms with Crippen molar-refractivity contribution >= 4 is 27.9 Å². The number of amides is 2. The third kappa shape index (κ3) is 5.70. The highest BCUT2D eigenvalue weighted by Gasteiger charge is 2.38. The molecule has 0 saturated carbocycles. The lowest BCUT2D eigenvalue weighted by atomic mass is 10.2. The van der Waals surface area contributed by atoms with Crippen molar-refractivity contribution in [2.24, 2.45) is 0 Å². The minimum absolute atomic E-state index is 0.134. The first-order valence-electron chi connectivity index (χ1n) is 7.74. The average Bonchev–Trinajstić information content (AvgIpc) is 2.78. The molecule has 1 unspecified atom stereocenters. The molecule has 9 heteroatoms. The van der Waals surface area contributed by atoms with Gasteiger partial charge >= 0.3 is 16.3 Å². The summed E-state index contributed by atoms with van der Waals surface area (Å²) in [7, 11) is -4.74. The van der Waals surface area contributed by atoms with E-state index < -0.39 is 33.1 Å². The molecule has 1 aliphatic heterocycles. The molecule has 0 aromatic heterocycles. The van der Waals surface area contributed by atoms with E-state index in [1.807, 2.05) is 0 Å². The number of benzene rings is 1. The van der Waals surface area contributed by atoms with Gasteiger partial charge in [0, 0.05) is 25.2 Å². The molecule has 0 bridgehead atoms. The minimum atomic E-state index is -4.74. The maximum absolute atomic E-state index is 13.1. The topological polar surface area (TPSA) is 92.8 Å². The number of ether oxygens (including phenoxy) is 1. The van der Waals surface area contributed by atoms with Crippen LogP contribution in [0.3, 0.4) is 0 Å². The lowest BCUT2D eigenvalue weighted by Crippen LogP contribution is -2.28. The zero-order valence-electron chi connectivity index (χ0n) is 14.3. The van der Waals surface area contributed by atoms with Crippen molar-refractivity contribution in [3.05, 3.63) is 29.8 Å². The summed E-state index contributed by atoms with van der Waals surface area (Å²) in [5.74, 6) is -0.420. The number of anilines is 1. The van der Waals surface area contributed by atoms with Crippen LogP contribution in [-0.2, 0) is 26.3 Å². The fourth-order valence-electron chi connectivity index (χ4n) is 2.47. The van der Waals surface area contributed by atoms with E-state index in [0.29, 0.717) is 11.3 Å². The summed E-state index contributed by atoms with van der Waals surface area (Å²) in [4.78, 5) is 24.9. The van der Waals surface area contributed by atoms with E-state index in [4.69, 9.17) is 4.74 Å². The van der Waals surface area contributed by atoms with Crippen molar-refractivity contribution in [3.8, 4) is 0 Å². The molecule has 0 aliphatic carbocycles. The van der Waals surface area contributed by atoms with E-state index in [9.17, 15) is 21.9 Å². The molecular formula is C16H21FN2O5S. The average molecular weight is 372 g/mol. The van der Waals surface area contributed by atoms with Crippen molar-refractivity contribution in [1.82, 2.24) is 4.90 Å². The number of rotatable bonds is 4. The molecule has 1 aromatic carbocycles. The number of nitrogens with one attached hydrogen (secondary N) is 1. The molecule has 1 aromatic rings. The maximum Gasteiger partial charge on any atom is 0.412 e. The summed E-state index contributed by atoms with van der Waals surface area (Å²) in [6.07, 6.45) is -0.959. The van der Waals surface area contributed by atoms with Gasteiger partial charge in [-0.3, -0.25) is 10.1 Å².